The third-order valence-electron chi connectivity index (χ3n) is 7.04. The monoisotopic (exact) mass is 409 g/mol. The second-order valence-corrected chi connectivity index (χ2v) is 9.03. The maximum atomic E-state index is 13.1. The molecule has 30 heavy (non-hydrogen) atoms. The Kier molecular flexibility index (Phi) is 5.63. The highest BCUT2D eigenvalue weighted by molar-refractivity contribution is 5.79. The Balaban J connectivity index is 1.25. The Hall–Kier alpha value is -2.15. The van der Waals surface area contributed by atoms with Crippen LogP contribution in [0, 0.1) is 0 Å². The zero-order valence-electron chi connectivity index (χ0n) is 17.5. The molecule has 0 saturated carbocycles. The number of ether oxygens (including phenoxy) is 1. The van der Waals surface area contributed by atoms with E-state index in [9.17, 15) is 4.79 Å². The van der Waals surface area contributed by atoms with Crippen molar-refractivity contribution < 1.29 is 13.9 Å². The standard InChI is InChI=1S/C24H31N3O3/c28-23-16-27(22-6-10-25(11-7-22)14-21-8-12-29-17-21)24(9-13-30-19-24)18-26(23)15-20-4-2-1-3-5-20/h1-5,8,12,17,22H,6-7,9-11,13-16,18-19H2. The van der Waals surface area contributed by atoms with Crippen LogP contribution in [-0.4, -0.2) is 71.6 Å². The van der Waals surface area contributed by atoms with Gasteiger partial charge in [-0.05, 0) is 44.0 Å². The Bertz CT molecular complexity index is 825. The fourth-order valence-corrected chi connectivity index (χ4v) is 5.39. The summed E-state index contributed by atoms with van der Waals surface area (Å²) in [5, 5.41) is 0. The fourth-order valence-electron chi connectivity index (χ4n) is 5.39. The van der Waals surface area contributed by atoms with Crippen LogP contribution in [0.5, 0.6) is 0 Å². The van der Waals surface area contributed by atoms with Crippen molar-refractivity contribution in [2.75, 3.05) is 39.4 Å². The number of piperidine rings is 1. The summed E-state index contributed by atoms with van der Waals surface area (Å²) in [5.74, 6) is 0.247. The minimum Gasteiger partial charge on any atom is -0.472 e. The molecule has 1 spiro atoms. The number of amides is 1. The lowest BCUT2D eigenvalue weighted by atomic mass is 9.88. The van der Waals surface area contributed by atoms with Gasteiger partial charge < -0.3 is 14.1 Å². The number of piperazine rings is 1. The van der Waals surface area contributed by atoms with Crippen LogP contribution in [0.25, 0.3) is 0 Å². The van der Waals surface area contributed by atoms with Crippen LogP contribution in [0.15, 0.2) is 53.3 Å². The average Bonchev–Trinajstić information content (AvgIpc) is 3.45. The van der Waals surface area contributed by atoms with Gasteiger partial charge in [0.05, 0.1) is 31.2 Å². The van der Waals surface area contributed by atoms with Crippen LogP contribution in [-0.2, 0) is 22.6 Å². The summed E-state index contributed by atoms with van der Waals surface area (Å²) >= 11 is 0. The fraction of sp³-hybridized carbons (Fsp3) is 0.542. The lowest BCUT2D eigenvalue weighted by Crippen LogP contribution is -2.68. The van der Waals surface area contributed by atoms with E-state index in [1.54, 1.807) is 6.26 Å². The van der Waals surface area contributed by atoms with Crippen molar-refractivity contribution in [2.45, 2.75) is 43.9 Å². The molecule has 3 aliphatic heterocycles. The van der Waals surface area contributed by atoms with Gasteiger partial charge in [-0.15, -0.1) is 0 Å². The van der Waals surface area contributed by atoms with Gasteiger partial charge in [0.25, 0.3) is 0 Å². The zero-order chi connectivity index (χ0) is 20.4. The van der Waals surface area contributed by atoms with E-state index in [1.165, 1.54) is 11.1 Å². The van der Waals surface area contributed by atoms with Crippen molar-refractivity contribution >= 4 is 5.91 Å². The van der Waals surface area contributed by atoms with E-state index in [0.717, 1.165) is 58.7 Å². The molecule has 0 aliphatic carbocycles. The Labute approximate surface area is 178 Å². The highest BCUT2D eigenvalue weighted by atomic mass is 16.5. The van der Waals surface area contributed by atoms with Gasteiger partial charge in [0.2, 0.25) is 5.91 Å². The molecule has 1 aromatic carbocycles. The molecule has 2 aromatic rings. The van der Waals surface area contributed by atoms with Crippen molar-refractivity contribution in [3.63, 3.8) is 0 Å². The smallest absolute Gasteiger partial charge is 0.237 e. The number of likely N-dealkylation sites (tertiary alicyclic amines) is 1. The molecule has 3 fully saturated rings. The quantitative estimate of drug-likeness (QED) is 0.760. The van der Waals surface area contributed by atoms with Crippen LogP contribution in [0.2, 0.25) is 0 Å². The largest absolute Gasteiger partial charge is 0.472 e. The Morgan fingerprint density at radius 3 is 2.57 bits per heavy atom. The molecule has 160 valence electrons. The summed E-state index contributed by atoms with van der Waals surface area (Å²) in [5.41, 5.74) is 2.40. The van der Waals surface area contributed by atoms with Crippen molar-refractivity contribution in [3.05, 3.63) is 60.1 Å². The normalized spacial score (nSPS) is 26.7. The minimum atomic E-state index is -0.0277. The van der Waals surface area contributed by atoms with E-state index in [1.807, 2.05) is 30.5 Å². The predicted octanol–water partition coefficient (Wildman–Crippen LogP) is 2.75. The van der Waals surface area contributed by atoms with E-state index in [4.69, 9.17) is 9.15 Å². The molecule has 6 nitrogen and oxygen atoms in total. The molecule has 4 heterocycles. The first-order valence-electron chi connectivity index (χ1n) is 11.1. The van der Waals surface area contributed by atoms with E-state index < -0.39 is 0 Å². The van der Waals surface area contributed by atoms with Gasteiger partial charge in [-0.3, -0.25) is 14.6 Å². The number of rotatable bonds is 5. The van der Waals surface area contributed by atoms with Crippen LogP contribution in [0.1, 0.15) is 30.4 Å². The number of carbonyl (C=O) groups is 1. The molecule has 0 bridgehead atoms. The second kappa shape index (κ2) is 8.53. The minimum absolute atomic E-state index is 0.0277. The number of benzene rings is 1. The van der Waals surface area contributed by atoms with Gasteiger partial charge in [0.15, 0.2) is 0 Å². The molecule has 0 radical (unpaired) electrons. The number of hydrogen-bond donors (Lipinski definition) is 0. The first-order chi connectivity index (χ1) is 14.7. The van der Waals surface area contributed by atoms with Gasteiger partial charge in [0.1, 0.15) is 0 Å². The first kappa shape index (κ1) is 19.8. The van der Waals surface area contributed by atoms with Gasteiger partial charge >= 0.3 is 0 Å². The van der Waals surface area contributed by atoms with Crippen molar-refractivity contribution in [2.24, 2.45) is 0 Å². The van der Waals surface area contributed by atoms with Gasteiger partial charge in [-0.1, -0.05) is 30.3 Å². The maximum Gasteiger partial charge on any atom is 0.237 e. The average molecular weight is 410 g/mol. The van der Waals surface area contributed by atoms with E-state index in [-0.39, 0.29) is 11.4 Å². The molecule has 1 aromatic heterocycles. The predicted molar refractivity (Wildman–Crippen MR) is 114 cm³/mol. The second-order valence-electron chi connectivity index (χ2n) is 9.03. The Morgan fingerprint density at radius 2 is 1.87 bits per heavy atom. The number of carbonyl (C=O) groups excluding carboxylic acids is 1. The van der Waals surface area contributed by atoms with Crippen LogP contribution in [0.3, 0.4) is 0 Å². The molecular weight excluding hydrogens is 378 g/mol. The van der Waals surface area contributed by atoms with Crippen LogP contribution >= 0.6 is 0 Å². The summed E-state index contributed by atoms with van der Waals surface area (Å²) in [4.78, 5) is 20.1. The first-order valence-corrected chi connectivity index (χ1v) is 11.1. The van der Waals surface area contributed by atoms with Crippen molar-refractivity contribution in [1.29, 1.82) is 0 Å². The molecular formula is C24H31N3O3. The molecule has 6 heteroatoms. The van der Waals surface area contributed by atoms with Gasteiger partial charge in [0, 0.05) is 37.8 Å². The van der Waals surface area contributed by atoms with Gasteiger partial charge in [-0.2, -0.15) is 0 Å². The summed E-state index contributed by atoms with van der Waals surface area (Å²) in [6.07, 6.45) is 6.80. The third-order valence-corrected chi connectivity index (χ3v) is 7.04. The molecule has 5 rings (SSSR count). The summed E-state index contributed by atoms with van der Waals surface area (Å²) in [6.45, 7) is 6.58. The van der Waals surface area contributed by atoms with E-state index in [2.05, 4.69) is 26.8 Å². The lowest BCUT2D eigenvalue weighted by Gasteiger charge is -2.52. The SMILES string of the molecule is O=C1CN(C2CCN(Cc3ccoc3)CC2)C2(CCOC2)CN1Cc1ccccc1. The molecule has 1 atom stereocenters. The molecule has 3 aliphatic rings. The number of furan rings is 1. The highest BCUT2D eigenvalue weighted by Gasteiger charge is 2.49. The number of hydrogen-bond acceptors (Lipinski definition) is 5. The molecule has 1 unspecified atom stereocenters. The molecule has 0 N–H and O–H groups in total. The number of nitrogens with zero attached hydrogens (tertiary/aromatic N) is 3. The summed E-state index contributed by atoms with van der Waals surface area (Å²) in [7, 11) is 0. The summed E-state index contributed by atoms with van der Waals surface area (Å²) < 4.78 is 11.1. The van der Waals surface area contributed by atoms with Crippen molar-refractivity contribution in [3.8, 4) is 0 Å². The topological polar surface area (TPSA) is 49.2 Å². The third kappa shape index (κ3) is 4.04. The van der Waals surface area contributed by atoms with Crippen LogP contribution < -0.4 is 0 Å². The molecule has 1 amide bonds. The zero-order valence-corrected chi connectivity index (χ0v) is 17.5. The Morgan fingerprint density at radius 1 is 1.03 bits per heavy atom. The maximum absolute atomic E-state index is 13.1. The van der Waals surface area contributed by atoms with Gasteiger partial charge in [-0.25, -0.2) is 0 Å². The van der Waals surface area contributed by atoms with E-state index in [0.29, 0.717) is 19.1 Å². The van der Waals surface area contributed by atoms with Crippen molar-refractivity contribution in [1.82, 2.24) is 14.7 Å². The highest BCUT2D eigenvalue weighted by Crippen LogP contribution is 2.35. The van der Waals surface area contributed by atoms with E-state index >= 15 is 0 Å². The summed E-state index contributed by atoms with van der Waals surface area (Å²) in [6, 6.07) is 12.8. The lowest BCUT2D eigenvalue weighted by molar-refractivity contribution is -0.148. The molecule has 3 saturated heterocycles. The van der Waals surface area contributed by atoms with Crippen LogP contribution in [0.4, 0.5) is 0 Å².